The minimum absolute atomic E-state index is 0.730. The van der Waals surface area contributed by atoms with Gasteiger partial charge in [0, 0.05) is 32.2 Å². The van der Waals surface area contributed by atoms with Crippen molar-refractivity contribution < 1.29 is 14.2 Å². The van der Waals surface area contributed by atoms with Crippen LogP contribution in [0.4, 0.5) is 0 Å². The summed E-state index contributed by atoms with van der Waals surface area (Å²) in [6.07, 6.45) is 1.96. The van der Waals surface area contributed by atoms with Gasteiger partial charge in [0.1, 0.15) is 0 Å². The van der Waals surface area contributed by atoms with Gasteiger partial charge in [-0.25, -0.2) is 0 Å². The molecule has 0 bridgehead atoms. The minimum Gasteiger partial charge on any atom is -0.490 e. The van der Waals surface area contributed by atoms with Crippen molar-refractivity contribution in [2.45, 2.75) is 19.4 Å². The number of para-hydroxylation sites is 1. The molecule has 4 heteroatoms. The first kappa shape index (κ1) is 13.2. The standard InChI is InChI=1S/C14H21NO3/c1-16-8-3-7-15-11-12-5-2-6-13-14(12)18-10-4-9-17-13/h2,5-6,15H,3-4,7-11H2,1H3. The van der Waals surface area contributed by atoms with Crippen LogP contribution in [-0.4, -0.2) is 33.5 Å². The van der Waals surface area contributed by atoms with E-state index in [0.29, 0.717) is 0 Å². The van der Waals surface area contributed by atoms with E-state index in [1.165, 1.54) is 0 Å². The van der Waals surface area contributed by atoms with Crippen LogP contribution in [0.2, 0.25) is 0 Å². The van der Waals surface area contributed by atoms with Crippen LogP contribution < -0.4 is 14.8 Å². The summed E-state index contributed by atoms with van der Waals surface area (Å²) in [6.45, 7) is 4.00. The summed E-state index contributed by atoms with van der Waals surface area (Å²) in [6, 6.07) is 6.06. The van der Waals surface area contributed by atoms with Crippen LogP contribution in [0.5, 0.6) is 11.5 Å². The molecule has 0 amide bonds. The zero-order valence-electron chi connectivity index (χ0n) is 10.9. The molecule has 1 aromatic rings. The number of nitrogens with one attached hydrogen (secondary N) is 1. The molecule has 18 heavy (non-hydrogen) atoms. The predicted octanol–water partition coefficient (Wildman–Crippen LogP) is 1.97. The average Bonchev–Trinajstić information content (AvgIpc) is 2.64. The van der Waals surface area contributed by atoms with Gasteiger partial charge < -0.3 is 19.5 Å². The Morgan fingerprint density at radius 3 is 3.06 bits per heavy atom. The maximum atomic E-state index is 5.77. The lowest BCUT2D eigenvalue weighted by Gasteiger charge is -2.12. The van der Waals surface area contributed by atoms with E-state index in [4.69, 9.17) is 14.2 Å². The number of fused-ring (bicyclic) bond motifs is 1. The van der Waals surface area contributed by atoms with Gasteiger partial charge in [0.25, 0.3) is 0 Å². The first-order chi connectivity index (χ1) is 8.92. The summed E-state index contributed by atoms with van der Waals surface area (Å²) in [5, 5.41) is 3.39. The third kappa shape index (κ3) is 3.62. The molecule has 0 saturated heterocycles. The molecule has 1 aliphatic heterocycles. The van der Waals surface area contributed by atoms with Crippen molar-refractivity contribution in [3.63, 3.8) is 0 Å². The van der Waals surface area contributed by atoms with Gasteiger partial charge in [0.05, 0.1) is 13.2 Å². The van der Waals surface area contributed by atoms with Crippen molar-refractivity contribution in [3.05, 3.63) is 23.8 Å². The van der Waals surface area contributed by atoms with Crippen LogP contribution in [0.15, 0.2) is 18.2 Å². The van der Waals surface area contributed by atoms with E-state index in [1.807, 2.05) is 12.1 Å². The number of ether oxygens (including phenoxy) is 3. The lowest BCUT2D eigenvalue weighted by molar-refractivity contribution is 0.194. The smallest absolute Gasteiger partial charge is 0.165 e. The molecule has 0 spiro atoms. The van der Waals surface area contributed by atoms with E-state index in [-0.39, 0.29) is 0 Å². The second-order valence-electron chi connectivity index (χ2n) is 4.32. The zero-order valence-corrected chi connectivity index (χ0v) is 10.9. The van der Waals surface area contributed by atoms with Crippen LogP contribution in [0, 0.1) is 0 Å². The lowest BCUT2D eigenvalue weighted by atomic mass is 10.2. The Labute approximate surface area is 108 Å². The van der Waals surface area contributed by atoms with E-state index in [0.717, 1.165) is 62.8 Å². The molecule has 0 radical (unpaired) electrons. The summed E-state index contributed by atoms with van der Waals surface area (Å²) < 4.78 is 16.4. The Morgan fingerprint density at radius 1 is 1.28 bits per heavy atom. The number of hydrogen-bond donors (Lipinski definition) is 1. The van der Waals surface area contributed by atoms with Gasteiger partial charge in [-0.05, 0) is 19.0 Å². The molecule has 1 aromatic carbocycles. The van der Waals surface area contributed by atoms with Gasteiger partial charge in [-0.15, -0.1) is 0 Å². The van der Waals surface area contributed by atoms with Crippen LogP contribution in [0.25, 0.3) is 0 Å². The largest absolute Gasteiger partial charge is 0.490 e. The van der Waals surface area contributed by atoms with Crippen LogP contribution in [-0.2, 0) is 11.3 Å². The Kier molecular flexibility index (Phi) is 5.30. The second-order valence-corrected chi connectivity index (χ2v) is 4.32. The quantitative estimate of drug-likeness (QED) is 0.785. The molecule has 1 heterocycles. The van der Waals surface area contributed by atoms with E-state index in [2.05, 4.69) is 11.4 Å². The number of rotatable bonds is 6. The highest BCUT2D eigenvalue weighted by Gasteiger charge is 2.13. The topological polar surface area (TPSA) is 39.7 Å². The molecule has 0 unspecified atom stereocenters. The highest BCUT2D eigenvalue weighted by Crippen LogP contribution is 2.32. The first-order valence-electron chi connectivity index (χ1n) is 6.49. The lowest BCUT2D eigenvalue weighted by Crippen LogP contribution is -2.16. The Morgan fingerprint density at radius 2 is 2.17 bits per heavy atom. The zero-order chi connectivity index (χ0) is 12.6. The van der Waals surface area contributed by atoms with Crippen molar-refractivity contribution in [2.75, 3.05) is 33.5 Å². The predicted molar refractivity (Wildman–Crippen MR) is 70.2 cm³/mol. The van der Waals surface area contributed by atoms with Crippen LogP contribution in [0.1, 0.15) is 18.4 Å². The summed E-state index contributed by atoms with van der Waals surface area (Å²) >= 11 is 0. The van der Waals surface area contributed by atoms with E-state index >= 15 is 0 Å². The summed E-state index contributed by atoms with van der Waals surface area (Å²) in [5.41, 5.74) is 1.16. The third-order valence-electron chi connectivity index (χ3n) is 2.87. The van der Waals surface area contributed by atoms with Crippen molar-refractivity contribution in [3.8, 4) is 11.5 Å². The normalized spacial score (nSPS) is 14.3. The maximum Gasteiger partial charge on any atom is 0.165 e. The summed E-state index contributed by atoms with van der Waals surface area (Å²) in [7, 11) is 1.72. The average molecular weight is 251 g/mol. The van der Waals surface area contributed by atoms with Gasteiger partial charge in [0.15, 0.2) is 11.5 Å². The molecule has 100 valence electrons. The van der Waals surface area contributed by atoms with Gasteiger partial charge in [-0.1, -0.05) is 12.1 Å². The Balaban J connectivity index is 1.91. The summed E-state index contributed by atoms with van der Waals surface area (Å²) in [5.74, 6) is 1.76. The monoisotopic (exact) mass is 251 g/mol. The summed E-state index contributed by atoms with van der Waals surface area (Å²) in [4.78, 5) is 0. The Hall–Kier alpha value is -1.26. The fourth-order valence-electron chi connectivity index (χ4n) is 1.96. The maximum absolute atomic E-state index is 5.77. The van der Waals surface area contributed by atoms with Crippen molar-refractivity contribution >= 4 is 0 Å². The van der Waals surface area contributed by atoms with Gasteiger partial charge in [-0.2, -0.15) is 0 Å². The molecule has 0 aromatic heterocycles. The first-order valence-corrected chi connectivity index (χ1v) is 6.49. The molecule has 0 fully saturated rings. The molecular formula is C14H21NO3. The minimum atomic E-state index is 0.730. The van der Waals surface area contributed by atoms with Crippen molar-refractivity contribution in [2.24, 2.45) is 0 Å². The molecule has 0 saturated carbocycles. The van der Waals surface area contributed by atoms with E-state index in [1.54, 1.807) is 7.11 Å². The van der Waals surface area contributed by atoms with E-state index in [9.17, 15) is 0 Å². The van der Waals surface area contributed by atoms with Gasteiger partial charge >= 0.3 is 0 Å². The molecular weight excluding hydrogens is 230 g/mol. The van der Waals surface area contributed by atoms with Crippen LogP contribution in [0.3, 0.4) is 0 Å². The van der Waals surface area contributed by atoms with Crippen LogP contribution >= 0.6 is 0 Å². The fourth-order valence-corrected chi connectivity index (χ4v) is 1.96. The molecule has 4 nitrogen and oxygen atoms in total. The molecule has 0 aliphatic carbocycles. The van der Waals surface area contributed by atoms with Crippen molar-refractivity contribution in [1.29, 1.82) is 0 Å². The SMILES string of the molecule is COCCCNCc1cccc2c1OCCCO2. The van der Waals surface area contributed by atoms with E-state index < -0.39 is 0 Å². The highest BCUT2D eigenvalue weighted by atomic mass is 16.5. The second kappa shape index (κ2) is 7.24. The highest BCUT2D eigenvalue weighted by molar-refractivity contribution is 5.46. The fraction of sp³-hybridized carbons (Fsp3) is 0.571. The number of benzene rings is 1. The van der Waals surface area contributed by atoms with Gasteiger partial charge in [-0.3, -0.25) is 0 Å². The molecule has 1 N–H and O–H groups in total. The van der Waals surface area contributed by atoms with Crippen molar-refractivity contribution in [1.82, 2.24) is 5.32 Å². The Bertz CT molecular complexity index is 368. The molecule has 2 rings (SSSR count). The third-order valence-corrected chi connectivity index (χ3v) is 2.87. The molecule has 1 aliphatic rings. The van der Waals surface area contributed by atoms with Gasteiger partial charge in [0.2, 0.25) is 0 Å². The number of hydrogen-bond acceptors (Lipinski definition) is 4. The number of methoxy groups -OCH3 is 1. The molecule has 0 atom stereocenters.